The van der Waals surface area contributed by atoms with E-state index in [1.54, 1.807) is 11.9 Å². The van der Waals surface area contributed by atoms with E-state index in [2.05, 4.69) is 0 Å². The van der Waals surface area contributed by atoms with Gasteiger partial charge in [-0.1, -0.05) is 13.8 Å². The summed E-state index contributed by atoms with van der Waals surface area (Å²) in [7, 11) is 1.72. The molecule has 64 valence electrons. The van der Waals surface area contributed by atoms with E-state index in [-0.39, 0.29) is 17.4 Å². The van der Waals surface area contributed by atoms with Crippen molar-refractivity contribution in [3.63, 3.8) is 0 Å². The number of amides is 1. The molecule has 1 heterocycles. The number of hydrogen-bond acceptors (Lipinski definition) is 2. The van der Waals surface area contributed by atoms with Gasteiger partial charge in [-0.05, 0) is 0 Å². The molecule has 1 aliphatic heterocycles. The highest BCUT2D eigenvalue weighted by atomic mass is 16.3. The second kappa shape index (κ2) is 2.48. The molecule has 1 saturated heterocycles. The Morgan fingerprint density at radius 1 is 1.64 bits per heavy atom. The molecule has 1 atom stereocenters. The summed E-state index contributed by atoms with van der Waals surface area (Å²) >= 11 is 0. The summed E-state index contributed by atoms with van der Waals surface area (Å²) in [6, 6.07) is 0. The van der Waals surface area contributed by atoms with Crippen LogP contribution in [0.15, 0.2) is 0 Å². The average molecular weight is 157 g/mol. The van der Waals surface area contributed by atoms with E-state index in [9.17, 15) is 9.90 Å². The van der Waals surface area contributed by atoms with Crippen LogP contribution in [0, 0.1) is 5.41 Å². The van der Waals surface area contributed by atoms with E-state index < -0.39 is 0 Å². The maximum Gasteiger partial charge on any atom is 0.223 e. The molecule has 11 heavy (non-hydrogen) atoms. The van der Waals surface area contributed by atoms with Crippen molar-refractivity contribution in [2.24, 2.45) is 5.41 Å². The molecule has 0 spiro atoms. The van der Waals surface area contributed by atoms with Gasteiger partial charge in [0.25, 0.3) is 0 Å². The first-order valence-corrected chi connectivity index (χ1v) is 3.85. The van der Waals surface area contributed by atoms with E-state index in [1.807, 2.05) is 13.8 Å². The predicted molar refractivity (Wildman–Crippen MR) is 42.0 cm³/mol. The second-order valence-corrected chi connectivity index (χ2v) is 3.96. The lowest BCUT2D eigenvalue weighted by atomic mass is 9.80. The SMILES string of the molecule is CN1CC(O)C(C)(C)CC1=O. The third-order valence-corrected chi connectivity index (χ3v) is 2.38. The van der Waals surface area contributed by atoms with Crippen LogP contribution < -0.4 is 0 Å². The first kappa shape index (κ1) is 8.53. The number of carbonyl (C=O) groups is 1. The minimum atomic E-state index is -0.384. The summed E-state index contributed by atoms with van der Waals surface area (Å²) in [6.45, 7) is 4.30. The molecule has 0 saturated carbocycles. The lowest BCUT2D eigenvalue weighted by Crippen LogP contribution is -2.49. The van der Waals surface area contributed by atoms with E-state index in [1.165, 1.54) is 0 Å². The number of aliphatic hydroxyl groups is 1. The molecule has 1 N–H and O–H groups in total. The first-order chi connectivity index (χ1) is 4.93. The Hall–Kier alpha value is -0.570. The molecule has 3 nitrogen and oxygen atoms in total. The number of carbonyl (C=O) groups excluding carboxylic acids is 1. The summed E-state index contributed by atoms with van der Waals surface area (Å²) < 4.78 is 0. The molecule has 0 aromatic heterocycles. The molecule has 0 aromatic rings. The van der Waals surface area contributed by atoms with Gasteiger partial charge in [-0.3, -0.25) is 4.79 Å². The number of nitrogens with zero attached hydrogens (tertiary/aromatic N) is 1. The van der Waals surface area contributed by atoms with Crippen LogP contribution in [-0.2, 0) is 4.79 Å². The molecular weight excluding hydrogens is 142 g/mol. The van der Waals surface area contributed by atoms with Crippen molar-refractivity contribution in [3.8, 4) is 0 Å². The second-order valence-electron chi connectivity index (χ2n) is 3.96. The minimum Gasteiger partial charge on any atom is -0.391 e. The summed E-state index contributed by atoms with van der Waals surface area (Å²) in [5.41, 5.74) is -0.246. The number of likely N-dealkylation sites (tertiary alicyclic amines) is 1. The number of piperidine rings is 1. The molecule has 0 bridgehead atoms. The number of β-amino-alcohol motifs (C(OH)–C–C–N with tert-alkyl or cyclic N) is 1. The fourth-order valence-corrected chi connectivity index (χ4v) is 1.25. The third-order valence-electron chi connectivity index (χ3n) is 2.38. The predicted octanol–water partition coefficient (Wildman–Crippen LogP) is 0.236. The average Bonchev–Trinajstić information content (AvgIpc) is 1.83. The molecule has 1 rings (SSSR count). The summed E-state index contributed by atoms with van der Waals surface area (Å²) in [6.07, 6.45) is 0.0650. The van der Waals surface area contributed by atoms with Crippen molar-refractivity contribution >= 4 is 5.91 Å². The normalized spacial score (nSPS) is 30.7. The van der Waals surface area contributed by atoms with Gasteiger partial charge in [-0.2, -0.15) is 0 Å². The zero-order valence-electron chi connectivity index (χ0n) is 7.29. The first-order valence-electron chi connectivity index (χ1n) is 3.85. The van der Waals surface area contributed by atoms with Crippen LogP contribution in [0.4, 0.5) is 0 Å². The zero-order valence-corrected chi connectivity index (χ0v) is 7.29. The van der Waals surface area contributed by atoms with E-state index in [4.69, 9.17) is 0 Å². The van der Waals surface area contributed by atoms with Gasteiger partial charge >= 0.3 is 0 Å². The number of hydrogen-bond donors (Lipinski definition) is 1. The summed E-state index contributed by atoms with van der Waals surface area (Å²) in [4.78, 5) is 12.7. The third kappa shape index (κ3) is 1.53. The number of likely N-dealkylation sites (N-methyl/N-ethyl adjacent to an activating group) is 1. The van der Waals surface area contributed by atoms with Crippen LogP contribution in [-0.4, -0.2) is 35.6 Å². The Morgan fingerprint density at radius 3 is 2.64 bits per heavy atom. The van der Waals surface area contributed by atoms with Crippen LogP contribution >= 0.6 is 0 Å². The molecule has 1 fully saturated rings. The topological polar surface area (TPSA) is 40.5 Å². The Kier molecular flexibility index (Phi) is 1.92. The Labute approximate surface area is 67.0 Å². The fraction of sp³-hybridized carbons (Fsp3) is 0.875. The highest BCUT2D eigenvalue weighted by Gasteiger charge is 2.37. The van der Waals surface area contributed by atoms with Gasteiger partial charge in [-0.15, -0.1) is 0 Å². The van der Waals surface area contributed by atoms with Crippen molar-refractivity contribution in [1.82, 2.24) is 4.90 Å². The Morgan fingerprint density at radius 2 is 2.18 bits per heavy atom. The van der Waals surface area contributed by atoms with Crippen molar-refractivity contribution < 1.29 is 9.90 Å². The standard InChI is InChI=1S/C8H15NO2/c1-8(2)4-7(11)9(3)5-6(8)10/h6,10H,4-5H2,1-3H3. The van der Waals surface area contributed by atoms with Crippen LogP contribution in [0.3, 0.4) is 0 Å². The molecule has 0 aliphatic carbocycles. The molecule has 0 radical (unpaired) electrons. The Bertz CT molecular complexity index is 177. The van der Waals surface area contributed by atoms with Gasteiger partial charge in [0.15, 0.2) is 0 Å². The Balaban J connectivity index is 2.70. The van der Waals surface area contributed by atoms with Crippen molar-refractivity contribution in [2.45, 2.75) is 26.4 Å². The highest BCUT2D eigenvalue weighted by Crippen LogP contribution is 2.30. The highest BCUT2D eigenvalue weighted by molar-refractivity contribution is 5.77. The number of aliphatic hydroxyl groups excluding tert-OH is 1. The van der Waals surface area contributed by atoms with Crippen LogP contribution in [0.2, 0.25) is 0 Å². The molecule has 0 aromatic carbocycles. The lowest BCUT2D eigenvalue weighted by Gasteiger charge is -2.38. The van der Waals surface area contributed by atoms with Crippen LogP contribution in [0.1, 0.15) is 20.3 Å². The lowest BCUT2D eigenvalue weighted by molar-refractivity contribution is -0.142. The van der Waals surface area contributed by atoms with Gasteiger partial charge < -0.3 is 10.0 Å². The van der Waals surface area contributed by atoms with Crippen molar-refractivity contribution in [2.75, 3.05) is 13.6 Å². The molecule has 1 aliphatic rings. The molecule has 1 unspecified atom stereocenters. The number of rotatable bonds is 0. The fourth-order valence-electron chi connectivity index (χ4n) is 1.25. The van der Waals surface area contributed by atoms with E-state index in [0.717, 1.165) is 0 Å². The van der Waals surface area contributed by atoms with Gasteiger partial charge in [0, 0.05) is 25.4 Å². The van der Waals surface area contributed by atoms with Gasteiger partial charge in [-0.25, -0.2) is 0 Å². The largest absolute Gasteiger partial charge is 0.391 e. The van der Waals surface area contributed by atoms with Crippen molar-refractivity contribution in [3.05, 3.63) is 0 Å². The van der Waals surface area contributed by atoms with Gasteiger partial charge in [0.05, 0.1) is 6.10 Å². The monoisotopic (exact) mass is 157 g/mol. The van der Waals surface area contributed by atoms with Crippen LogP contribution in [0.5, 0.6) is 0 Å². The zero-order chi connectivity index (χ0) is 8.65. The van der Waals surface area contributed by atoms with E-state index in [0.29, 0.717) is 13.0 Å². The summed E-state index contributed by atoms with van der Waals surface area (Å²) in [5, 5.41) is 9.53. The minimum absolute atomic E-state index is 0.125. The maximum atomic E-state index is 11.2. The van der Waals surface area contributed by atoms with Gasteiger partial charge in [0.1, 0.15) is 0 Å². The molecular formula is C8H15NO2. The maximum absolute atomic E-state index is 11.2. The quantitative estimate of drug-likeness (QED) is 0.547. The van der Waals surface area contributed by atoms with E-state index >= 15 is 0 Å². The van der Waals surface area contributed by atoms with Gasteiger partial charge in [0.2, 0.25) is 5.91 Å². The smallest absolute Gasteiger partial charge is 0.223 e. The van der Waals surface area contributed by atoms with Crippen LogP contribution in [0.25, 0.3) is 0 Å². The van der Waals surface area contributed by atoms with Crippen molar-refractivity contribution in [1.29, 1.82) is 0 Å². The summed E-state index contributed by atoms with van der Waals surface area (Å²) in [5.74, 6) is 0.125. The molecule has 1 amide bonds. The molecule has 3 heteroatoms.